The van der Waals surface area contributed by atoms with Gasteiger partial charge in [0.1, 0.15) is 0 Å². The molecule has 24 heavy (non-hydrogen) atoms. The third-order valence-electron chi connectivity index (χ3n) is 3.59. The van der Waals surface area contributed by atoms with E-state index in [4.69, 9.17) is 0 Å². The fraction of sp³-hybridized carbons (Fsp3) is 0.250. The smallest absolute Gasteiger partial charge is 0.234 e. The minimum atomic E-state index is -0.100. The molecule has 124 valence electrons. The Morgan fingerprint density at radius 1 is 1.25 bits per heavy atom. The molecule has 0 aliphatic heterocycles. The molecular weight excluding hydrogens is 324 g/mol. The SMILES string of the molecule is Cc1n[nH]c(C)c1NC(=O)CSc1nnc(-c2ccccc2)n1C. The van der Waals surface area contributed by atoms with Crippen molar-refractivity contribution in [2.24, 2.45) is 7.05 Å². The lowest BCUT2D eigenvalue weighted by Gasteiger charge is -2.06. The van der Waals surface area contributed by atoms with E-state index in [0.29, 0.717) is 5.16 Å². The lowest BCUT2D eigenvalue weighted by Crippen LogP contribution is -2.15. The summed E-state index contributed by atoms with van der Waals surface area (Å²) in [5, 5.41) is 18.9. The van der Waals surface area contributed by atoms with Crippen LogP contribution in [0.2, 0.25) is 0 Å². The zero-order valence-electron chi connectivity index (χ0n) is 13.7. The van der Waals surface area contributed by atoms with Gasteiger partial charge in [-0.3, -0.25) is 9.89 Å². The average molecular weight is 342 g/mol. The monoisotopic (exact) mass is 342 g/mol. The zero-order valence-corrected chi connectivity index (χ0v) is 14.5. The van der Waals surface area contributed by atoms with E-state index in [1.807, 2.05) is 55.8 Å². The van der Waals surface area contributed by atoms with Gasteiger partial charge in [0.15, 0.2) is 11.0 Å². The van der Waals surface area contributed by atoms with Crippen molar-refractivity contribution >= 4 is 23.4 Å². The quantitative estimate of drug-likeness (QED) is 0.696. The standard InChI is InChI=1S/C16H18N6OS/c1-10-14(11(2)19-18-10)17-13(23)9-24-16-21-20-15(22(16)3)12-7-5-4-6-8-12/h4-8H,9H2,1-3H3,(H,17,23)(H,18,19). The number of carbonyl (C=O) groups is 1. The Hall–Kier alpha value is -2.61. The highest BCUT2D eigenvalue weighted by molar-refractivity contribution is 7.99. The minimum absolute atomic E-state index is 0.100. The minimum Gasteiger partial charge on any atom is -0.322 e. The lowest BCUT2D eigenvalue weighted by atomic mass is 10.2. The number of hydrogen-bond acceptors (Lipinski definition) is 5. The third-order valence-corrected chi connectivity index (χ3v) is 4.61. The van der Waals surface area contributed by atoms with Gasteiger partial charge in [0.05, 0.1) is 22.8 Å². The number of hydrogen-bond donors (Lipinski definition) is 2. The summed E-state index contributed by atoms with van der Waals surface area (Å²) in [4.78, 5) is 12.1. The molecule has 3 rings (SSSR count). The Morgan fingerprint density at radius 2 is 2.00 bits per heavy atom. The number of amides is 1. The van der Waals surface area contributed by atoms with E-state index in [0.717, 1.165) is 28.5 Å². The van der Waals surface area contributed by atoms with Crippen LogP contribution in [0.25, 0.3) is 11.4 Å². The average Bonchev–Trinajstić information content (AvgIpc) is 3.11. The molecule has 0 bridgehead atoms. The van der Waals surface area contributed by atoms with Crippen LogP contribution >= 0.6 is 11.8 Å². The number of carbonyl (C=O) groups excluding carboxylic acids is 1. The molecule has 0 spiro atoms. The van der Waals surface area contributed by atoms with E-state index in [2.05, 4.69) is 25.7 Å². The second-order valence-electron chi connectivity index (χ2n) is 5.38. The summed E-state index contributed by atoms with van der Waals surface area (Å²) >= 11 is 1.35. The van der Waals surface area contributed by atoms with Gasteiger partial charge in [-0.15, -0.1) is 10.2 Å². The van der Waals surface area contributed by atoms with Crippen LogP contribution in [0.5, 0.6) is 0 Å². The molecule has 1 amide bonds. The Balaban J connectivity index is 1.65. The number of thioether (sulfide) groups is 1. The summed E-state index contributed by atoms with van der Waals surface area (Å²) in [6.07, 6.45) is 0. The molecule has 0 aliphatic carbocycles. The molecule has 0 aliphatic rings. The normalized spacial score (nSPS) is 10.8. The Labute approximate surface area is 143 Å². The molecule has 7 nitrogen and oxygen atoms in total. The van der Waals surface area contributed by atoms with Gasteiger partial charge in [-0.05, 0) is 13.8 Å². The van der Waals surface area contributed by atoms with Gasteiger partial charge in [0, 0.05) is 12.6 Å². The van der Waals surface area contributed by atoms with E-state index < -0.39 is 0 Å². The van der Waals surface area contributed by atoms with Crippen molar-refractivity contribution < 1.29 is 4.79 Å². The number of H-pyrrole nitrogens is 1. The van der Waals surface area contributed by atoms with Crippen molar-refractivity contribution in [3.8, 4) is 11.4 Å². The van der Waals surface area contributed by atoms with Gasteiger partial charge < -0.3 is 9.88 Å². The van der Waals surface area contributed by atoms with Crippen LogP contribution in [0.1, 0.15) is 11.4 Å². The van der Waals surface area contributed by atoms with Crippen molar-refractivity contribution in [1.29, 1.82) is 0 Å². The molecule has 0 fully saturated rings. The fourth-order valence-electron chi connectivity index (χ4n) is 2.32. The van der Waals surface area contributed by atoms with Crippen LogP contribution in [-0.2, 0) is 11.8 Å². The molecule has 0 saturated heterocycles. The topological polar surface area (TPSA) is 88.5 Å². The van der Waals surface area contributed by atoms with Crippen molar-refractivity contribution in [3.05, 3.63) is 41.7 Å². The van der Waals surface area contributed by atoms with Crippen molar-refractivity contribution in [3.63, 3.8) is 0 Å². The third kappa shape index (κ3) is 3.33. The number of rotatable bonds is 5. The molecule has 2 N–H and O–H groups in total. The predicted octanol–water partition coefficient (Wildman–Crippen LogP) is 2.55. The number of benzene rings is 1. The van der Waals surface area contributed by atoms with Crippen LogP contribution in [-0.4, -0.2) is 36.6 Å². The second-order valence-corrected chi connectivity index (χ2v) is 6.32. The Morgan fingerprint density at radius 3 is 2.67 bits per heavy atom. The first-order valence-corrected chi connectivity index (χ1v) is 8.44. The maximum absolute atomic E-state index is 12.1. The summed E-state index contributed by atoms with van der Waals surface area (Å²) < 4.78 is 1.89. The molecule has 0 atom stereocenters. The predicted molar refractivity (Wildman–Crippen MR) is 93.9 cm³/mol. The fourth-order valence-corrected chi connectivity index (χ4v) is 3.03. The molecule has 2 heterocycles. The van der Waals surface area contributed by atoms with E-state index >= 15 is 0 Å². The van der Waals surface area contributed by atoms with Crippen molar-refractivity contribution in [1.82, 2.24) is 25.0 Å². The second kappa shape index (κ2) is 6.88. The summed E-state index contributed by atoms with van der Waals surface area (Å²) in [5.41, 5.74) is 3.35. The van der Waals surface area contributed by atoms with Gasteiger partial charge in [0.25, 0.3) is 0 Å². The highest BCUT2D eigenvalue weighted by Gasteiger charge is 2.14. The maximum atomic E-state index is 12.1. The summed E-state index contributed by atoms with van der Waals surface area (Å²) in [6, 6.07) is 9.84. The molecule has 8 heteroatoms. The number of anilines is 1. The number of aromatic nitrogens is 5. The molecule has 3 aromatic rings. The van der Waals surface area contributed by atoms with Crippen LogP contribution in [0, 0.1) is 13.8 Å². The van der Waals surface area contributed by atoms with Gasteiger partial charge in [-0.25, -0.2) is 0 Å². The van der Waals surface area contributed by atoms with Crippen LogP contribution in [0.4, 0.5) is 5.69 Å². The van der Waals surface area contributed by atoms with Gasteiger partial charge in [0.2, 0.25) is 5.91 Å². The van der Waals surface area contributed by atoms with E-state index in [9.17, 15) is 4.79 Å². The maximum Gasteiger partial charge on any atom is 0.234 e. The highest BCUT2D eigenvalue weighted by Crippen LogP contribution is 2.23. The van der Waals surface area contributed by atoms with Crippen LogP contribution in [0.3, 0.4) is 0 Å². The largest absolute Gasteiger partial charge is 0.322 e. The first-order chi connectivity index (χ1) is 11.6. The first-order valence-electron chi connectivity index (χ1n) is 7.45. The van der Waals surface area contributed by atoms with E-state index in [-0.39, 0.29) is 11.7 Å². The number of nitrogens with zero attached hydrogens (tertiary/aromatic N) is 4. The molecule has 0 saturated carbocycles. The molecule has 0 radical (unpaired) electrons. The van der Waals surface area contributed by atoms with E-state index in [1.165, 1.54) is 11.8 Å². The zero-order chi connectivity index (χ0) is 17.1. The van der Waals surface area contributed by atoms with Gasteiger partial charge in [-0.1, -0.05) is 42.1 Å². The lowest BCUT2D eigenvalue weighted by molar-refractivity contribution is -0.113. The molecule has 2 aromatic heterocycles. The molecule has 1 aromatic carbocycles. The molecule has 0 unspecified atom stereocenters. The summed E-state index contributed by atoms with van der Waals surface area (Å²) in [5.74, 6) is 0.932. The van der Waals surface area contributed by atoms with Crippen molar-refractivity contribution in [2.75, 3.05) is 11.1 Å². The summed E-state index contributed by atoms with van der Waals surface area (Å²) in [6.45, 7) is 3.72. The number of nitrogens with one attached hydrogen (secondary N) is 2. The van der Waals surface area contributed by atoms with E-state index in [1.54, 1.807) is 0 Å². The Kier molecular flexibility index (Phi) is 4.66. The number of aromatic amines is 1. The van der Waals surface area contributed by atoms with Crippen LogP contribution < -0.4 is 5.32 Å². The van der Waals surface area contributed by atoms with Crippen molar-refractivity contribution in [2.45, 2.75) is 19.0 Å². The van der Waals surface area contributed by atoms with Gasteiger partial charge in [-0.2, -0.15) is 5.10 Å². The molecular formula is C16H18N6OS. The highest BCUT2D eigenvalue weighted by atomic mass is 32.2. The number of aryl methyl sites for hydroxylation is 2. The van der Waals surface area contributed by atoms with Gasteiger partial charge >= 0.3 is 0 Å². The summed E-state index contributed by atoms with van der Waals surface area (Å²) in [7, 11) is 1.90. The first kappa shape index (κ1) is 16.3. The Bertz CT molecular complexity index is 835. The van der Waals surface area contributed by atoms with Crippen LogP contribution in [0.15, 0.2) is 35.5 Å².